The normalized spacial score (nSPS) is 13.2. The summed E-state index contributed by atoms with van der Waals surface area (Å²) in [5.74, 6) is 2.39. The largest absolute Gasteiger partial charge is 0.507 e. The van der Waals surface area contributed by atoms with Crippen LogP contribution in [0.4, 0.5) is 0 Å². The minimum absolute atomic E-state index is 0. The summed E-state index contributed by atoms with van der Waals surface area (Å²) >= 11 is 0. The topological polar surface area (TPSA) is 73.2 Å². The van der Waals surface area contributed by atoms with E-state index in [1.165, 1.54) is 5.56 Å². The predicted molar refractivity (Wildman–Crippen MR) is 236 cm³/mol. The first-order valence-electron chi connectivity index (χ1n) is 18.0. The molecule has 0 saturated carbocycles. The molecule has 0 heterocycles. The van der Waals surface area contributed by atoms with E-state index < -0.39 is 32.9 Å². The van der Waals surface area contributed by atoms with Gasteiger partial charge in [-0.2, -0.15) is 0 Å². The van der Waals surface area contributed by atoms with Gasteiger partial charge in [0.1, 0.15) is 5.75 Å². The SMILES string of the molecule is C[Si](C)(C)/N=C(/[N-][Si](C)(C)C)c1ccccc1.C[Si](C)(C)/N=C(/[N-][Si](C)(C)C)c1ccccc1.Cc1cc(C(C)(C)C)c(O)c(C(C)(C)C)c1.[Y]. The van der Waals surface area contributed by atoms with Gasteiger partial charge in [0.15, 0.2) is 0 Å². The van der Waals surface area contributed by atoms with Crippen LogP contribution in [-0.4, -0.2) is 49.7 Å². The minimum atomic E-state index is -1.49. The van der Waals surface area contributed by atoms with Crippen molar-refractivity contribution in [1.29, 1.82) is 0 Å². The molecule has 0 unspecified atom stereocenters. The van der Waals surface area contributed by atoms with E-state index in [1.54, 1.807) is 0 Å². The van der Waals surface area contributed by atoms with Crippen LogP contribution in [0.15, 0.2) is 82.1 Å². The Balaban J connectivity index is 0.000000729. The fraction of sp³-hybridized carbons (Fsp3) is 0.512. The number of hydrogen-bond donors (Lipinski definition) is 1. The van der Waals surface area contributed by atoms with Gasteiger partial charge >= 0.3 is 0 Å². The van der Waals surface area contributed by atoms with Crippen molar-refractivity contribution in [1.82, 2.24) is 0 Å². The molecule has 0 saturated heterocycles. The van der Waals surface area contributed by atoms with Crippen LogP contribution in [0.1, 0.15) is 69.4 Å². The number of rotatable bonds is 6. The number of aryl methyl sites for hydroxylation is 1. The zero-order valence-corrected chi connectivity index (χ0v) is 42.6. The van der Waals surface area contributed by atoms with Crippen LogP contribution in [0.25, 0.3) is 9.96 Å². The molecule has 0 aromatic heterocycles. The van der Waals surface area contributed by atoms with Crippen molar-refractivity contribution >= 4 is 44.6 Å². The molecule has 0 aliphatic rings. The maximum absolute atomic E-state index is 10.4. The second kappa shape index (κ2) is 19.6. The molecular weight excluding hydrogens is 766 g/mol. The summed E-state index contributed by atoms with van der Waals surface area (Å²) in [6.07, 6.45) is 0. The zero-order valence-electron chi connectivity index (χ0n) is 35.7. The molecule has 5 nitrogen and oxygen atoms in total. The molecule has 3 rings (SSSR count). The number of hydrogen-bond acceptors (Lipinski definition) is 3. The summed E-state index contributed by atoms with van der Waals surface area (Å²) in [6.45, 7) is 41.8. The molecule has 0 spiro atoms. The van der Waals surface area contributed by atoms with Crippen LogP contribution in [-0.2, 0) is 43.5 Å². The number of phenols is 1. The van der Waals surface area contributed by atoms with Crippen molar-refractivity contribution in [2.24, 2.45) is 9.32 Å². The van der Waals surface area contributed by atoms with Crippen molar-refractivity contribution in [3.05, 3.63) is 111 Å². The molecule has 10 heteroatoms. The molecule has 0 bridgehead atoms. The van der Waals surface area contributed by atoms with Crippen LogP contribution in [0.3, 0.4) is 0 Å². The van der Waals surface area contributed by atoms with Gasteiger partial charge in [-0.15, -0.1) is 0 Å². The van der Waals surface area contributed by atoms with E-state index in [1.807, 2.05) is 12.1 Å². The van der Waals surface area contributed by atoms with Crippen LogP contribution in [0, 0.1) is 6.92 Å². The van der Waals surface area contributed by atoms with E-state index in [0.29, 0.717) is 5.75 Å². The van der Waals surface area contributed by atoms with Gasteiger partial charge in [-0.3, -0.25) is 0 Å². The fourth-order valence-electron chi connectivity index (χ4n) is 4.68. The van der Waals surface area contributed by atoms with E-state index in [0.717, 1.165) is 33.9 Å². The van der Waals surface area contributed by atoms with Crippen molar-refractivity contribution in [3.8, 4) is 5.75 Å². The van der Waals surface area contributed by atoms with Crippen molar-refractivity contribution in [2.75, 3.05) is 0 Å². The number of amidine groups is 2. The number of nitrogens with zero attached hydrogens (tertiary/aromatic N) is 4. The standard InChI is InChI=1S/C15H24O.2C13H23N2Si2.Y/c1-10-8-11(14(2,3)4)13(16)12(9-10)15(5,6)7;2*1-16(2,3)14-13(15-17(4,5)6)12-10-8-7-9-11-12;/h8-9,16H,1-7H3;2*7-11H,1-6H3;/q;2*-1;. The maximum Gasteiger partial charge on any atom is 0.123 e. The van der Waals surface area contributed by atoms with E-state index >= 15 is 0 Å². The van der Waals surface area contributed by atoms with Gasteiger partial charge in [0.05, 0.1) is 0 Å². The average molecular weight is 836 g/mol. The average Bonchev–Trinajstić information content (AvgIpc) is 2.91. The van der Waals surface area contributed by atoms with Crippen molar-refractivity contribution in [3.63, 3.8) is 0 Å². The molecule has 0 aliphatic carbocycles. The Morgan fingerprint density at radius 2 is 0.804 bits per heavy atom. The number of phenolic OH excluding ortho intramolecular Hbond substituents is 1. The van der Waals surface area contributed by atoms with Gasteiger partial charge < -0.3 is 24.4 Å². The Hall–Kier alpha value is -1.63. The van der Waals surface area contributed by atoms with Gasteiger partial charge in [-0.25, -0.2) is 0 Å². The van der Waals surface area contributed by atoms with E-state index in [9.17, 15) is 5.11 Å². The third-order valence-corrected chi connectivity index (χ3v) is 10.2. The van der Waals surface area contributed by atoms with Crippen LogP contribution < -0.4 is 0 Å². The van der Waals surface area contributed by atoms with Crippen LogP contribution in [0.5, 0.6) is 5.75 Å². The summed E-state index contributed by atoms with van der Waals surface area (Å²) in [6, 6.07) is 24.8. The van der Waals surface area contributed by atoms with Gasteiger partial charge in [-0.05, 0) is 40.0 Å². The Labute approximate surface area is 343 Å². The first kappa shape index (κ1) is 49.4. The molecule has 0 amide bonds. The number of aromatic hydroxyl groups is 1. The maximum atomic E-state index is 10.4. The summed E-state index contributed by atoms with van der Waals surface area (Å²) in [7, 11) is -5.95. The number of benzene rings is 3. The molecular formula is C41H70N4OSi4Y-2. The third-order valence-electron chi connectivity index (χ3n) is 6.70. The Morgan fingerprint density at radius 3 is 1.02 bits per heavy atom. The summed E-state index contributed by atoms with van der Waals surface area (Å²) < 4.78 is 9.78. The van der Waals surface area contributed by atoms with Crippen LogP contribution in [0.2, 0.25) is 78.6 Å². The fourth-order valence-corrected chi connectivity index (χ4v) is 8.13. The van der Waals surface area contributed by atoms with Crippen LogP contribution >= 0.6 is 0 Å². The van der Waals surface area contributed by atoms with Gasteiger partial charge in [0, 0.05) is 65.7 Å². The molecule has 51 heavy (non-hydrogen) atoms. The molecule has 1 radical (unpaired) electrons. The van der Waals surface area contributed by atoms with Gasteiger partial charge in [0.25, 0.3) is 0 Å². The minimum Gasteiger partial charge on any atom is -0.507 e. The van der Waals surface area contributed by atoms with Gasteiger partial charge in [0.2, 0.25) is 0 Å². The Bertz CT molecular complexity index is 1440. The molecule has 1 N–H and O–H groups in total. The van der Waals surface area contributed by atoms with Crippen molar-refractivity contribution in [2.45, 2.75) is 138 Å². The first-order valence-corrected chi connectivity index (χ1v) is 31.8. The molecule has 3 aromatic rings. The smallest absolute Gasteiger partial charge is 0.123 e. The second-order valence-corrected chi connectivity index (χ2v) is 37.5. The summed E-state index contributed by atoms with van der Waals surface area (Å²) in [5.41, 5.74) is 5.56. The molecule has 0 aliphatic heterocycles. The molecule has 281 valence electrons. The zero-order chi connectivity index (χ0) is 38.9. The first-order chi connectivity index (χ1) is 22.4. The van der Waals surface area contributed by atoms with E-state index in [2.05, 4.69) is 188 Å². The Kier molecular flexibility index (Phi) is 19.0. The Morgan fingerprint density at radius 1 is 0.529 bits per heavy atom. The summed E-state index contributed by atoms with van der Waals surface area (Å²) in [4.78, 5) is 9.78. The van der Waals surface area contributed by atoms with E-state index in [-0.39, 0.29) is 43.5 Å². The predicted octanol–water partition coefficient (Wildman–Crippen LogP) is 13.2. The molecule has 0 fully saturated rings. The summed E-state index contributed by atoms with van der Waals surface area (Å²) in [5, 5.41) is 10.4. The molecule has 3 aromatic carbocycles. The quantitative estimate of drug-likeness (QED) is 0.150. The second-order valence-electron chi connectivity index (χ2n) is 19.2. The van der Waals surface area contributed by atoms with E-state index in [4.69, 9.17) is 19.3 Å². The molecule has 0 atom stereocenters. The third kappa shape index (κ3) is 21.0. The van der Waals surface area contributed by atoms with Gasteiger partial charge in [-0.1, -0.05) is 210 Å². The van der Waals surface area contributed by atoms with Crippen molar-refractivity contribution < 1.29 is 37.8 Å². The monoisotopic (exact) mass is 835 g/mol.